The van der Waals surface area contributed by atoms with E-state index in [0.717, 1.165) is 6.07 Å². The average Bonchev–Trinajstić information content (AvgIpc) is 2.16. The number of aliphatic hydroxyl groups excluding tert-OH is 2. The van der Waals surface area contributed by atoms with Crippen molar-refractivity contribution in [1.29, 1.82) is 0 Å². The van der Waals surface area contributed by atoms with E-state index in [-0.39, 0.29) is 13.2 Å². The molecule has 0 aliphatic carbocycles. The van der Waals surface area contributed by atoms with Gasteiger partial charge in [-0.15, -0.1) is 0 Å². The van der Waals surface area contributed by atoms with Crippen molar-refractivity contribution in [2.24, 2.45) is 0 Å². The fourth-order valence-corrected chi connectivity index (χ4v) is 1.51. The van der Waals surface area contributed by atoms with Crippen molar-refractivity contribution in [2.45, 2.75) is 6.54 Å². The third kappa shape index (κ3) is 4.22. The molecule has 0 saturated carbocycles. The first kappa shape index (κ1) is 13.0. The van der Waals surface area contributed by atoms with Crippen LogP contribution in [0.3, 0.4) is 0 Å². The molecule has 0 amide bonds. The molecule has 1 aromatic carbocycles. The molecule has 3 nitrogen and oxygen atoms in total. The van der Waals surface area contributed by atoms with E-state index in [2.05, 4.69) is 0 Å². The Labute approximate surface area is 92.9 Å². The first-order chi connectivity index (χ1) is 7.65. The summed E-state index contributed by atoms with van der Waals surface area (Å²) in [7, 11) is 0. The molecule has 0 radical (unpaired) electrons. The fourth-order valence-electron chi connectivity index (χ4n) is 1.51. The van der Waals surface area contributed by atoms with Gasteiger partial charge in [-0.2, -0.15) is 0 Å². The van der Waals surface area contributed by atoms with Crippen molar-refractivity contribution in [3.63, 3.8) is 0 Å². The third-order valence-electron chi connectivity index (χ3n) is 2.16. The molecule has 5 heteroatoms. The Morgan fingerprint density at radius 3 is 1.88 bits per heavy atom. The van der Waals surface area contributed by atoms with Gasteiger partial charge in [0.2, 0.25) is 0 Å². The summed E-state index contributed by atoms with van der Waals surface area (Å²) in [6, 6.07) is 3.29. The van der Waals surface area contributed by atoms with Crippen LogP contribution in [0.15, 0.2) is 18.2 Å². The Morgan fingerprint density at radius 1 is 0.938 bits per heavy atom. The van der Waals surface area contributed by atoms with Crippen molar-refractivity contribution in [3.05, 3.63) is 35.4 Å². The average molecular weight is 231 g/mol. The molecular formula is C11H15F2NO2. The van der Waals surface area contributed by atoms with Crippen LogP contribution in [0.25, 0.3) is 0 Å². The molecule has 0 atom stereocenters. The summed E-state index contributed by atoms with van der Waals surface area (Å²) in [6.45, 7) is 0.906. The van der Waals surface area contributed by atoms with Gasteiger partial charge in [-0.1, -0.05) is 0 Å². The van der Waals surface area contributed by atoms with Crippen LogP contribution in [0.1, 0.15) is 5.56 Å². The molecular weight excluding hydrogens is 216 g/mol. The zero-order valence-corrected chi connectivity index (χ0v) is 8.87. The van der Waals surface area contributed by atoms with Crippen LogP contribution in [-0.4, -0.2) is 41.4 Å². The Morgan fingerprint density at radius 2 is 1.44 bits per heavy atom. The second-order valence-electron chi connectivity index (χ2n) is 3.50. The van der Waals surface area contributed by atoms with Crippen LogP contribution < -0.4 is 0 Å². The second-order valence-corrected chi connectivity index (χ2v) is 3.50. The summed E-state index contributed by atoms with van der Waals surface area (Å²) in [5, 5.41) is 17.6. The minimum Gasteiger partial charge on any atom is -0.395 e. The topological polar surface area (TPSA) is 43.7 Å². The SMILES string of the molecule is OCCN(CCO)Cc1cc(F)cc(F)c1. The Kier molecular flexibility index (Phi) is 5.31. The van der Waals surface area contributed by atoms with Gasteiger partial charge in [-0.05, 0) is 17.7 Å². The van der Waals surface area contributed by atoms with Gasteiger partial charge >= 0.3 is 0 Å². The van der Waals surface area contributed by atoms with E-state index >= 15 is 0 Å². The van der Waals surface area contributed by atoms with Crippen LogP contribution in [0, 0.1) is 11.6 Å². The molecule has 0 bridgehead atoms. The van der Waals surface area contributed by atoms with E-state index in [1.54, 1.807) is 4.90 Å². The summed E-state index contributed by atoms with van der Waals surface area (Å²) < 4.78 is 25.8. The maximum Gasteiger partial charge on any atom is 0.126 e. The van der Waals surface area contributed by atoms with E-state index in [1.165, 1.54) is 12.1 Å². The zero-order valence-electron chi connectivity index (χ0n) is 8.87. The molecule has 0 aliphatic rings. The number of hydrogen-bond donors (Lipinski definition) is 2. The highest BCUT2D eigenvalue weighted by molar-refractivity contribution is 5.17. The quantitative estimate of drug-likeness (QED) is 0.759. The van der Waals surface area contributed by atoms with Gasteiger partial charge < -0.3 is 10.2 Å². The largest absolute Gasteiger partial charge is 0.395 e. The maximum atomic E-state index is 12.9. The standard InChI is InChI=1S/C11H15F2NO2/c12-10-5-9(6-11(13)7-10)8-14(1-3-15)2-4-16/h5-7,15-16H,1-4,8H2. The van der Waals surface area contributed by atoms with Crippen LogP contribution in [0.4, 0.5) is 8.78 Å². The van der Waals surface area contributed by atoms with Gasteiger partial charge in [0.25, 0.3) is 0 Å². The summed E-state index contributed by atoms with van der Waals surface area (Å²) >= 11 is 0. The predicted octanol–water partition coefficient (Wildman–Crippen LogP) is 0.751. The first-order valence-electron chi connectivity index (χ1n) is 5.04. The lowest BCUT2D eigenvalue weighted by Gasteiger charge is -2.20. The monoisotopic (exact) mass is 231 g/mol. The van der Waals surface area contributed by atoms with E-state index in [4.69, 9.17) is 10.2 Å². The van der Waals surface area contributed by atoms with E-state index in [0.29, 0.717) is 25.2 Å². The highest BCUT2D eigenvalue weighted by atomic mass is 19.1. The Bertz CT molecular complexity index is 308. The van der Waals surface area contributed by atoms with E-state index in [9.17, 15) is 8.78 Å². The number of aliphatic hydroxyl groups is 2. The summed E-state index contributed by atoms with van der Waals surface area (Å²) in [6.07, 6.45) is 0. The number of benzene rings is 1. The molecule has 1 aromatic rings. The highest BCUT2D eigenvalue weighted by Crippen LogP contribution is 2.10. The normalized spacial score (nSPS) is 11.1. The molecule has 90 valence electrons. The van der Waals surface area contributed by atoms with Crippen molar-refractivity contribution in [3.8, 4) is 0 Å². The van der Waals surface area contributed by atoms with Gasteiger partial charge in [0.05, 0.1) is 13.2 Å². The number of halogens is 2. The lowest BCUT2D eigenvalue weighted by Crippen LogP contribution is -2.29. The van der Waals surface area contributed by atoms with Gasteiger partial charge in [0, 0.05) is 25.7 Å². The van der Waals surface area contributed by atoms with Crippen LogP contribution in [-0.2, 0) is 6.54 Å². The lowest BCUT2D eigenvalue weighted by atomic mass is 10.2. The zero-order chi connectivity index (χ0) is 12.0. The molecule has 0 aliphatic heterocycles. The molecule has 0 heterocycles. The van der Waals surface area contributed by atoms with Crippen LogP contribution >= 0.6 is 0 Å². The lowest BCUT2D eigenvalue weighted by molar-refractivity contribution is 0.155. The van der Waals surface area contributed by atoms with Gasteiger partial charge in [0.1, 0.15) is 11.6 Å². The minimum absolute atomic E-state index is 0.0577. The van der Waals surface area contributed by atoms with Gasteiger partial charge in [-0.25, -0.2) is 8.78 Å². The molecule has 0 aromatic heterocycles. The van der Waals surface area contributed by atoms with E-state index < -0.39 is 11.6 Å². The molecule has 0 unspecified atom stereocenters. The molecule has 1 rings (SSSR count). The summed E-state index contributed by atoms with van der Waals surface area (Å²) in [5.74, 6) is -1.24. The van der Waals surface area contributed by atoms with Crippen LogP contribution in [0.2, 0.25) is 0 Å². The van der Waals surface area contributed by atoms with Crippen molar-refractivity contribution in [2.75, 3.05) is 26.3 Å². The maximum absolute atomic E-state index is 12.9. The summed E-state index contributed by atoms with van der Waals surface area (Å²) in [4.78, 5) is 1.72. The van der Waals surface area contributed by atoms with Crippen molar-refractivity contribution >= 4 is 0 Å². The number of rotatable bonds is 6. The second kappa shape index (κ2) is 6.52. The van der Waals surface area contributed by atoms with Crippen molar-refractivity contribution < 1.29 is 19.0 Å². The fraction of sp³-hybridized carbons (Fsp3) is 0.455. The molecule has 0 fully saturated rings. The number of hydrogen-bond acceptors (Lipinski definition) is 3. The van der Waals surface area contributed by atoms with Crippen molar-refractivity contribution in [1.82, 2.24) is 4.90 Å². The number of nitrogens with zero attached hydrogens (tertiary/aromatic N) is 1. The molecule has 16 heavy (non-hydrogen) atoms. The molecule has 0 spiro atoms. The smallest absolute Gasteiger partial charge is 0.126 e. The van der Waals surface area contributed by atoms with Gasteiger partial charge in [-0.3, -0.25) is 4.90 Å². The first-order valence-corrected chi connectivity index (χ1v) is 5.04. The minimum atomic E-state index is -0.622. The molecule has 0 saturated heterocycles. The van der Waals surface area contributed by atoms with Crippen LogP contribution in [0.5, 0.6) is 0 Å². The predicted molar refractivity (Wildman–Crippen MR) is 55.8 cm³/mol. The summed E-state index contributed by atoms with van der Waals surface area (Å²) in [5.41, 5.74) is 0.486. The van der Waals surface area contributed by atoms with Gasteiger partial charge in [0.15, 0.2) is 0 Å². The Balaban J connectivity index is 2.68. The highest BCUT2D eigenvalue weighted by Gasteiger charge is 2.07. The Hall–Kier alpha value is -1.04. The van der Waals surface area contributed by atoms with E-state index in [1.807, 2.05) is 0 Å². The molecule has 2 N–H and O–H groups in total. The third-order valence-corrected chi connectivity index (χ3v) is 2.16.